The summed E-state index contributed by atoms with van der Waals surface area (Å²) >= 11 is 0. The van der Waals surface area contributed by atoms with E-state index in [9.17, 15) is 22.8 Å². The van der Waals surface area contributed by atoms with Gasteiger partial charge in [-0.2, -0.15) is 13.2 Å². The van der Waals surface area contributed by atoms with Crippen LogP contribution in [0.25, 0.3) is 11.0 Å². The van der Waals surface area contributed by atoms with Crippen LogP contribution in [0.4, 0.5) is 18.0 Å². The molecule has 0 saturated carbocycles. The lowest BCUT2D eigenvalue weighted by Gasteiger charge is -2.27. The molecule has 0 bridgehead atoms. The number of carbonyl (C=O) groups is 2. The second-order valence-corrected chi connectivity index (χ2v) is 5.94. The van der Waals surface area contributed by atoms with Crippen molar-refractivity contribution in [2.24, 2.45) is 0 Å². The molecule has 27 heavy (non-hydrogen) atoms. The summed E-state index contributed by atoms with van der Waals surface area (Å²) in [4.78, 5) is 27.8. The Balaban J connectivity index is 2.15. The van der Waals surface area contributed by atoms with E-state index in [0.717, 1.165) is 4.57 Å². The van der Waals surface area contributed by atoms with E-state index in [4.69, 9.17) is 4.74 Å². The number of hydrogen-bond donors (Lipinski definition) is 2. The van der Waals surface area contributed by atoms with Crippen LogP contribution < -0.4 is 10.6 Å². The first-order chi connectivity index (χ1) is 12.7. The van der Waals surface area contributed by atoms with Crippen molar-refractivity contribution in [3.63, 3.8) is 0 Å². The summed E-state index contributed by atoms with van der Waals surface area (Å²) in [6.45, 7) is 2.88. The van der Waals surface area contributed by atoms with Crippen LogP contribution in [-0.4, -0.2) is 34.2 Å². The van der Waals surface area contributed by atoms with E-state index in [0.29, 0.717) is 0 Å². The standard InChI is InChI=1S/C17H17F3N4O3/c1-3-27-14(25)13-9(2)21-16(26)23-11(13)8-24-12-7-5-4-6-10(12)22-15(24)17(18,19)20/h4-7,9H,3,8H2,1-2H3,(H2,21,23,26). The molecule has 7 nitrogen and oxygen atoms in total. The number of imidazole rings is 1. The highest BCUT2D eigenvalue weighted by Gasteiger charge is 2.39. The van der Waals surface area contributed by atoms with Crippen molar-refractivity contribution in [3.8, 4) is 0 Å². The van der Waals surface area contributed by atoms with Crippen LogP contribution in [-0.2, 0) is 22.3 Å². The largest absolute Gasteiger partial charge is 0.463 e. The molecule has 1 aliphatic heterocycles. The Bertz CT molecular complexity index is 933. The minimum Gasteiger partial charge on any atom is -0.463 e. The van der Waals surface area contributed by atoms with Crippen LogP contribution in [0.1, 0.15) is 19.7 Å². The molecule has 0 aliphatic carbocycles. The van der Waals surface area contributed by atoms with Crippen LogP contribution in [0.5, 0.6) is 0 Å². The van der Waals surface area contributed by atoms with E-state index < -0.39 is 30.0 Å². The Kier molecular flexibility index (Phi) is 4.81. The number of alkyl halides is 3. The zero-order chi connectivity index (χ0) is 19.8. The van der Waals surface area contributed by atoms with Gasteiger partial charge in [-0.15, -0.1) is 0 Å². The average molecular weight is 382 g/mol. The smallest absolute Gasteiger partial charge is 0.449 e. The molecular formula is C17H17F3N4O3. The van der Waals surface area contributed by atoms with E-state index in [2.05, 4.69) is 15.6 Å². The third kappa shape index (κ3) is 3.60. The molecule has 1 aromatic heterocycles. The Hall–Kier alpha value is -3.04. The lowest BCUT2D eigenvalue weighted by atomic mass is 10.0. The summed E-state index contributed by atoms with van der Waals surface area (Å²) in [7, 11) is 0. The number of carbonyl (C=O) groups excluding carboxylic acids is 2. The Labute approximate surface area is 152 Å². The summed E-state index contributed by atoms with van der Waals surface area (Å²) in [6.07, 6.45) is -4.70. The number of ether oxygens (including phenoxy) is 1. The molecule has 0 spiro atoms. The maximum absolute atomic E-state index is 13.5. The Morgan fingerprint density at radius 2 is 2.04 bits per heavy atom. The van der Waals surface area contributed by atoms with Gasteiger partial charge in [-0.05, 0) is 26.0 Å². The average Bonchev–Trinajstić information content (AvgIpc) is 2.93. The van der Waals surface area contributed by atoms with Gasteiger partial charge in [-0.3, -0.25) is 0 Å². The topological polar surface area (TPSA) is 85.2 Å². The number of benzene rings is 1. The van der Waals surface area contributed by atoms with Crippen molar-refractivity contribution in [1.82, 2.24) is 20.2 Å². The molecule has 0 fully saturated rings. The highest BCUT2D eigenvalue weighted by molar-refractivity contribution is 5.94. The van der Waals surface area contributed by atoms with Gasteiger partial charge in [-0.25, -0.2) is 14.6 Å². The van der Waals surface area contributed by atoms with Gasteiger partial charge in [0.05, 0.1) is 41.5 Å². The Morgan fingerprint density at radius 1 is 1.33 bits per heavy atom. The highest BCUT2D eigenvalue weighted by atomic mass is 19.4. The second kappa shape index (κ2) is 6.93. The summed E-state index contributed by atoms with van der Waals surface area (Å²) < 4.78 is 46.4. The first-order valence-corrected chi connectivity index (χ1v) is 8.22. The summed E-state index contributed by atoms with van der Waals surface area (Å²) in [5.74, 6) is -1.81. The summed E-state index contributed by atoms with van der Waals surface area (Å²) in [5, 5.41) is 4.94. The van der Waals surface area contributed by atoms with E-state index >= 15 is 0 Å². The number of nitrogens with one attached hydrogen (secondary N) is 2. The molecule has 1 unspecified atom stereocenters. The van der Waals surface area contributed by atoms with E-state index in [1.54, 1.807) is 26.0 Å². The maximum atomic E-state index is 13.5. The highest BCUT2D eigenvalue weighted by Crippen LogP contribution is 2.32. The zero-order valence-corrected chi connectivity index (χ0v) is 14.6. The third-order valence-electron chi connectivity index (χ3n) is 4.09. The van der Waals surface area contributed by atoms with Crippen molar-refractivity contribution in [3.05, 3.63) is 41.4 Å². The molecule has 2 heterocycles. The first kappa shape index (κ1) is 18.7. The van der Waals surface area contributed by atoms with Crippen molar-refractivity contribution in [2.75, 3.05) is 6.61 Å². The van der Waals surface area contributed by atoms with Crippen LogP contribution in [0.3, 0.4) is 0 Å². The van der Waals surface area contributed by atoms with Crippen LogP contribution in [0, 0.1) is 0 Å². The maximum Gasteiger partial charge on any atom is 0.449 e. The van der Waals surface area contributed by atoms with Gasteiger partial charge in [0.2, 0.25) is 5.82 Å². The van der Waals surface area contributed by atoms with E-state index in [1.807, 2.05) is 0 Å². The van der Waals surface area contributed by atoms with Gasteiger partial charge in [0, 0.05) is 0 Å². The minimum absolute atomic E-state index is 0.0401. The number of aromatic nitrogens is 2. The van der Waals surface area contributed by atoms with Crippen molar-refractivity contribution in [1.29, 1.82) is 0 Å². The number of halogens is 3. The normalized spacial score (nSPS) is 17.7. The zero-order valence-electron chi connectivity index (χ0n) is 14.6. The van der Waals surface area contributed by atoms with Crippen molar-refractivity contribution >= 4 is 23.0 Å². The van der Waals surface area contributed by atoms with Gasteiger partial charge < -0.3 is 19.9 Å². The molecule has 0 radical (unpaired) electrons. The fourth-order valence-electron chi connectivity index (χ4n) is 3.01. The predicted molar refractivity (Wildman–Crippen MR) is 89.5 cm³/mol. The molecule has 1 atom stereocenters. The van der Waals surface area contributed by atoms with E-state index in [1.165, 1.54) is 12.1 Å². The Morgan fingerprint density at radius 3 is 2.70 bits per heavy atom. The molecule has 144 valence electrons. The lowest BCUT2D eigenvalue weighted by Crippen LogP contribution is -2.50. The predicted octanol–water partition coefficient (Wildman–Crippen LogP) is 2.57. The van der Waals surface area contributed by atoms with E-state index in [-0.39, 0.29) is 35.5 Å². The summed E-state index contributed by atoms with van der Waals surface area (Å²) in [5.41, 5.74) is 0.512. The van der Waals surface area contributed by atoms with Gasteiger partial charge >= 0.3 is 18.2 Å². The molecule has 10 heteroatoms. The van der Waals surface area contributed by atoms with Gasteiger partial charge in [0.15, 0.2) is 0 Å². The number of allylic oxidation sites excluding steroid dienone is 1. The molecule has 0 saturated heterocycles. The number of nitrogens with zero attached hydrogens (tertiary/aromatic N) is 2. The molecule has 2 amide bonds. The number of esters is 1. The number of rotatable bonds is 4. The fourth-order valence-corrected chi connectivity index (χ4v) is 3.01. The number of fused-ring (bicyclic) bond motifs is 1. The van der Waals surface area contributed by atoms with Crippen LogP contribution >= 0.6 is 0 Å². The molecular weight excluding hydrogens is 365 g/mol. The first-order valence-electron chi connectivity index (χ1n) is 8.22. The lowest BCUT2D eigenvalue weighted by molar-refractivity contribution is -0.146. The number of amides is 2. The van der Waals surface area contributed by atoms with Gasteiger partial charge in [0.25, 0.3) is 0 Å². The number of para-hydroxylation sites is 2. The van der Waals surface area contributed by atoms with Crippen LogP contribution in [0.15, 0.2) is 35.5 Å². The second-order valence-electron chi connectivity index (χ2n) is 5.94. The molecule has 3 rings (SSSR count). The van der Waals surface area contributed by atoms with Gasteiger partial charge in [-0.1, -0.05) is 12.1 Å². The molecule has 1 aromatic carbocycles. The SMILES string of the molecule is CCOC(=O)C1=C(Cn2c(C(F)(F)F)nc3ccccc32)NC(=O)NC1C. The van der Waals surface area contributed by atoms with Gasteiger partial charge in [0.1, 0.15) is 0 Å². The number of urea groups is 1. The monoisotopic (exact) mass is 382 g/mol. The van der Waals surface area contributed by atoms with Crippen LogP contribution in [0.2, 0.25) is 0 Å². The number of hydrogen-bond acceptors (Lipinski definition) is 4. The third-order valence-corrected chi connectivity index (χ3v) is 4.09. The van der Waals surface area contributed by atoms with Crippen molar-refractivity contribution in [2.45, 2.75) is 32.6 Å². The minimum atomic E-state index is -4.70. The molecule has 1 aliphatic rings. The molecule has 2 N–H and O–H groups in total. The summed E-state index contributed by atoms with van der Waals surface area (Å²) in [6, 6.07) is 4.81. The fraction of sp³-hybridized carbons (Fsp3) is 0.353. The quantitative estimate of drug-likeness (QED) is 0.796. The molecule has 2 aromatic rings. The van der Waals surface area contributed by atoms with Crippen molar-refractivity contribution < 1.29 is 27.5 Å².